The van der Waals surface area contributed by atoms with Crippen molar-refractivity contribution in [2.75, 3.05) is 11.1 Å². The minimum Gasteiger partial charge on any atom is -0.398 e. The zero-order chi connectivity index (χ0) is 15.4. The Kier molecular flexibility index (Phi) is 4.40. The average molecular weight is 347 g/mol. The molecule has 1 aromatic carbocycles. The molecule has 0 bridgehead atoms. The van der Waals surface area contributed by atoms with Gasteiger partial charge in [-0.15, -0.1) is 0 Å². The Bertz CT molecular complexity index is 792. The molecule has 3 N–H and O–H groups in total. The van der Waals surface area contributed by atoms with Crippen molar-refractivity contribution in [1.82, 2.24) is 4.57 Å². The number of anilines is 2. The van der Waals surface area contributed by atoms with Gasteiger partial charge in [0, 0.05) is 22.4 Å². The summed E-state index contributed by atoms with van der Waals surface area (Å²) in [6.07, 6.45) is 1.40. The van der Waals surface area contributed by atoms with Gasteiger partial charge >= 0.3 is 0 Å². The molecule has 2 aromatic rings. The highest BCUT2D eigenvalue weighted by molar-refractivity contribution is 9.10. The molecule has 0 atom stereocenters. The molecule has 0 fully saturated rings. The summed E-state index contributed by atoms with van der Waals surface area (Å²) in [6, 6.07) is 9.68. The zero-order valence-electron chi connectivity index (χ0n) is 10.8. The van der Waals surface area contributed by atoms with Gasteiger partial charge in [0.1, 0.15) is 12.6 Å². The topological polar surface area (TPSA) is 101 Å². The molecule has 6 nitrogen and oxygen atoms in total. The number of benzene rings is 1. The van der Waals surface area contributed by atoms with E-state index in [2.05, 4.69) is 21.2 Å². The van der Waals surface area contributed by atoms with Gasteiger partial charge in [0.25, 0.3) is 5.56 Å². The van der Waals surface area contributed by atoms with E-state index in [0.717, 1.165) is 4.47 Å². The first-order chi connectivity index (χ1) is 9.99. The Morgan fingerprint density at radius 2 is 2.14 bits per heavy atom. The second-order valence-corrected chi connectivity index (χ2v) is 5.19. The highest BCUT2D eigenvalue weighted by Gasteiger charge is 2.09. The molecule has 106 valence electrons. The van der Waals surface area contributed by atoms with E-state index < -0.39 is 5.91 Å². The zero-order valence-corrected chi connectivity index (χ0v) is 12.4. The average Bonchev–Trinajstić information content (AvgIpc) is 2.44. The summed E-state index contributed by atoms with van der Waals surface area (Å²) < 4.78 is 1.94. The predicted octanol–water partition coefficient (Wildman–Crippen LogP) is 1.70. The Hall–Kier alpha value is -2.59. The number of rotatable bonds is 3. The second kappa shape index (κ2) is 6.24. The van der Waals surface area contributed by atoms with E-state index in [1.807, 2.05) is 6.07 Å². The highest BCUT2D eigenvalue weighted by Crippen LogP contribution is 2.20. The molecule has 1 aromatic heterocycles. The van der Waals surface area contributed by atoms with Crippen molar-refractivity contribution in [3.05, 3.63) is 56.9 Å². The van der Waals surface area contributed by atoms with Crippen LogP contribution in [-0.2, 0) is 11.3 Å². The first-order valence-corrected chi connectivity index (χ1v) is 6.74. The van der Waals surface area contributed by atoms with E-state index in [4.69, 9.17) is 11.0 Å². The summed E-state index contributed by atoms with van der Waals surface area (Å²) in [5, 5.41) is 11.6. The number of aromatic nitrogens is 1. The molecule has 0 spiro atoms. The van der Waals surface area contributed by atoms with Crippen molar-refractivity contribution in [3.63, 3.8) is 0 Å². The predicted molar refractivity (Wildman–Crippen MR) is 82.6 cm³/mol. The van der Waals surface area contributed by atoms with Crippen molar-refractivity contribution >= 4 is 33.2 Å². The maximum atomic E-state index is 12.0. The normalized spacial score (nSPS) is 9.90. The quantitative estimate of drug-likeness (QED) is 0.882. The number of nitrogens with two attached hydrogens (primary N) is 1. The van der Waals surface area contributed by atoms with Gasteiger partial charge in [0.15, 0.2) is 0 Å². The fraction of sp³-hybridized carbons (Fsp3) is 0.0714. The van der Waals surface area contributed by atoms with Gasteiger partial charge < -0.3 is 15.6 Å². The van der Waals surface area contributed by atoms with Crippen molar-refractivity contribution in [2.45, 2.75) is 6.54 Å². The van der Waals surface area contributed by atoms with Crippen LogP contribution >= 0.6 is 15.9 Å². The van der Waals surface area contributed by atoms with Crippen LogP contribution in [0, 0.1) is 11.3 Å². The number of halogens is 1. The lowest BCUT2D eigenvalue weighted by Crippen LogP contribution is -2.27. The van der Waals surface area contributed by atoms with Crippen LogP contribution in [0.1, 0.15) is 5.56 Å². The third-order valence-corrected chi connectivity index (χ3v) is 3.19. The summed E-state index contributed by atoms with van der Waals surface area (Å²) in [7, 11) is 0. The molecule has 0 saturated carbocycles. The maximum absolute atomic E-state index is 12.0. The Labute approximate surface area is 128 Å². The molecular weight excluding hydrogens is 336 g/mol. The second-order valence-electron chi connectivity index (χ2n) is 4.28. The smallest absolute Gasteiger partial charge is 0.251 e. The van der Waals surface area contributed by atoms with Gasteiger partial charge in [-0.1, -0.05) is 15.9 Å². The minimum absolute atomic E-state index is 0.176. The van der Waals surface area contributed by atoms with Crippen LogP contribution in [0.2, 0.25) is 0 Å². The number of nitrogens with zero attached hydrogens (tertiary/aromatic N) is 2. The number of carbonyl (C=O) groups is 1. The van der Waals surface area contributed by atoms with Crippen LogP contribution in [0.15, 0.2) is 45.8 Å². The molecule has 7 heteroatoms. The number of pyridine rings is 1. The van der Waals surface area contributed by atoms with E-state index in [1.165, 1.54) is 22.9 Å². The molecular formula is C14H11BrN4O2. The van der Waals surface area contributed by atoms with Crippen molar-refractivity contribution in [1.29, 1.82) is 5.26 Å². The Morgan fingerprint density at radius 1 is 1.38 bits per heavy atom. The number of nitrogen functional groups attached to an aromatic ring is 1. The number of carbonyl (C=O) groups excluding carboxylic acids is 1. The van der Waals surface area contributed by atoms with Crippen molar-refractivity contribution in [2.24, 2.45) is 0 Å². The first-order valence-electron chi connectivity index (χ1n) is 5.95. The fourth-order valence-electron chi connectivity index (χ4n) is 1.74. The lowest BCUT2D eigenvalue weighted by Gasteiger charge is -2.09. The summed E-state index contributed by atoms with van der Waals surface area (Å²) in [5.41, 5.74) is 6.37. The molecule has 0 unspecified atom stereocenters. The van der Waals surface area contributed by atoms with Gasteiger partial charge in [-0.3, -0.25) is 9.59 Å². The highest BCUT2D eigenvalue weighted by atomic mass is 79.9. The minimum atomic E-state index is -0.415. The molecule has 0 saturated heterocycles. The molecule has 0 aliphatic heterocycles. The van der Waals surface area contributed by atoms with E-state index >= 15 is 0 Å². The maximum Gasteiger partial charge on any atom is 0.251 e. The van der Waals surface area contributed by atoms with Crippen LogP contribution in [0.5, 0.6) is 0 Å². The standard InChI is InChI=1S/C14H11BrN4O2/c15-10-1-3-12(9(5-10)6-16)18-13(20)8-19-7-11(17)2-4-14(19)21/h1-5,7H,8,17H2,(H,18,20). The molecule has 21 heavy (non-hydrogen) atoms. The fourth-order valence-corrected chi connectivity index (χ4v) is 2.10. The van der Waals surface area contributed by atoms with Crippen molar-refractivity contribution in [3.8, 4) is 6.07 Å². The van der Waals surface area contributed by atoms with Gasteiger partial charge in [-0.2, -0.15) is 5.26 Å². The SMILES string of the molecule is N#Cc1cc(Br)ccc1NC(=O)Cn1cc(N)ccc1=O. The largest absolute Gasteiger partial charge is 0.398 e. The molecule has 0 radical (unpaired) electrons. The van der Waals surface area contributed by atoms with Crippen LogP contribution in [0.4, 0.5) is 11.4 Å². The monoisotopic (exact) mass is 346 g/mol. The number of amides is 1. The Balaban J connectivity index is 2.18. The van der Waals surface area contributed by atoms with Crippen LogP contribution in [-0.4, -0.2) is 10.5 Å². The van der Waals surface area contributed by atoms with Crippen LogP contribution < -0.4 is 16.6 Å². The summed E-state index contributed by atoms with van der Waals surface area (Å²) >= 11 is 3.25. The first kappa shape index (κ1) is 14.8. The lowest BCUT2D eigenvalue weighted by molar-refractivity contribution is -0.116. The summed E-state index contributed by atoms with van der Waals surface area (Å²) in [6.45, 7) is -0.176. The van der Waals surface area contributed by atoms with Gasteiger partial charge in [0.05, 0.1) is 11.3 Å². The molecule has 1 amide bonds. The molecule has 1 heterocycles. The molecule has 0 aliphatic rings. The third-order valence-electron chi connectivity index (χ3n) is 2.70. The van der Waals surface area contributed by atoms with Gasteiger partial charge in [-0.25, -0.2) is 0 Å². The summed E-state index contributed by atoms with van der Waals surface area (Å²) in [5.74, 6) is -0.415. The van der Waals surface area contributed by atoms with Crippen molar-refractivity contribution < 1.29 is 4.79 Å². The van der Waals surface area contributed by atoms with E-state index in [0.29, 0.717) is 16.9 Å². The Morgan fingerprint density at radius 3 is 2.86 bits per heavy atom. The lowest BCUT2D eigenvalue weighted by atomic mass is 10.2. The number of hydrogen-bond donors (Lipinski definition) is 2. The van der Waals surface area contributed by atoms with E-state index in [-0.39, 0.29) is 12.1 Å². The number of nitrogens with one attached hydrogen (secondary N) is 1. The van der Waals surface area contributed by atoms with Crippen LogP contribution in [0.3, 0.4) is 0 Å². The third kappa shape index (κ3) is 3.70. The van der Waals surface area contributed by atoms with E-state index in [9.17, 15) is 9.59 Å². The number of hydrogen-bond acceptors (Lipinski definition) is 4. The van der Waals surface area contributed by atoms with Gasteiger partial charge in [0.2, 0.25) is 5.91 Å². The molecule has 0 aliphatic carbocycles. The molecule has 2 rings (SSSR count). The number of nitriles is 1. The summed E-state index contributed by atoms with van der Waals surface area (Å²) in [4.78, 5) is 23.6. The van der Waals surface area contributed by atoms with Gasteiger partial charge in [-0.05, 0) is 24.3 Å². The van der Waals surface area contributed by atoms with Crippen LogP contribution in [0.25, 0.3) is 0 Å². The van der Waals surface area contributed by atoms with E-state index in [1.54, 1.807) is 18.2 Å².